The average molecular weight is 348 g/mol. The zero-order valence-corrected chi connectivity index (χ0v) is 12.8. The van der Waals surface area contributed by atoms with Crippen LogP contribution in [-0.4, -0.2) is 17.2 Å². The van der Waals surface area contributed by atoms with Crippen LogP contribution in [0.2, 0.25) is 0 Å². The molecule has 1 aromatic rings. The zero-order valence-electron chi connectivity index (χ0n) is 8.94. The van der Waals surface area contributed by atoms with E-state index >= 15 is 0 Å². The van der Waals surface area contributed by atoms with Crippen LogP contribution >= 0.6 is 56.4 Å². The summed E-state index contributed by atoms with van der Waals surface area (Å²) >= 11 is 17.4. The Morgan fingerprint density at radius 3 is 2.56 bits per heavy atom. The summed E-state index contributed by atoms with van der Waals surface area (Å²) in [5.74, 6) is 0.737. The van der Waals surface area contributed by atoms with Gasteiger partial charge < -0.3 is 5.73 Å². The van der Waals surface area contributed by atoms with Crippen molar-refractivity contribution >= 4 is 62.1 Å². The van der Waals surface area contributed by atoms with Crippen LogP contribution in [0.15, 0.2) is 23.1 Å². The number of nitrogens with two attached hydrogens (primary N) is 1. The summed E-state index contributed by atoms with van der Waals surface area (Å²) in [6, 6.07) is 4.23. The van der Waals surface area contributed by atoms with Crippen LogP contribution in [-0.2, 0) is 3.79 Å². The van der Waals surface area contributed by atoms with E-state index < -0.39 is 8.72 Å². The lowest BCUT2D eigenvalue weighted by molar-refractivity contribution is -0.385. The van der Waals surface area contributed by atoms with E-state index in [4.69, 9.17) is 40.5 Å². The number of hydrogen-bond donors (Lipinski definition) is 1. The fourth-order valence-electron chi connectivity index (χ4n) is 1.08. The van der Waals surface area contributed by atoms with Crippen molar-refractivity contribution in [1.29, 1.82) is 0 Å². The molecule has 0 atom stereocenters. The molecule has 0 aliphatic heterocycles. The second kappa shape index (κ2) is 7.07. The van der Waals surface area contributed by atoms with Crippen LogP contribution in [0.5, 0.6) is 0 Å². The Bertz CT molecular complexity index is 440. The number of non-ortho nitro benzene ring substituents is 1. The Kier molecular flexibility index (Phi) is 6.37. The predicted octanol–water partition coefficient (Wildman–Crippen LogP) is 4.12. The molecule has 2 N–H and O–H groups in total. The SMILES string of the molecule is NCCSSc1ccc([N+](=O)[O-])cc1C(Cl)(Cl)Cl. The third-order valence-corrected chi connectivity index (χ3v) is 4.89. The smallest absolute Gasteiger partial charge is 0.269 e. The van der Waals surface area contributed by atoms with Crippen molar-refractivity contribution in [3.63, 3.8) is 0 Å². The molecule has 9 heteroatoms. The maximum Gasteiger partial charge on any atom is 0.269 e. The topological polar surface area (TPSA) is 69.2 Å². The van der Waals surface area contributed by atoms with Gasteiger partial charge in [0.15, 0.2) is 0 Å². The van der Waals surface area contributed by atoms with Gasteiger partial charge in [0.05, 0.1) is 4.92 Å². The summed E-state index contributed by atoms with van der Waals surface area (Å²) in [5.41, 5.74) is 5.57. The molecule has 0 aliphatic rings. The van der Waals surface area contributed by atoms with Gasteiger partial charge in [-0.25, -0.2) is 0 Å². The number of nitro benzene ring substituents is 1. The first-order valence-corrected chi connectivity index (χ1v) is 8.16. The molecule has 1 aromatic carbocycles. The van der Waals surface area contributed by atoms with E-state index in [1.54, 1.807) is 6.07 Å². The Balaban J connectivity index is 3.05. The van der Waals surface area contributed by atoms with E-state index in [9.17, 15) is 10.1 Å². The Hall–Kier alpha value is 0.150. The quantitative estimate of drug-likeness (QED) is 0.285. The van der Waals surface area contributed by atoms with E-state index in [2.05, 4.69) is 0 Å². The molecule has 18 heavy (non-hydrogen) atoms. The van der Waals surface area contributed by atoms with Crippen LogP contribution in [0.3, 0.4) is 0 Å². The summed E-state index contributed by atoms with van der Waals surface area (Å²) in [6.07, 6.45) is 0. The fourth-order valence-corrected chi connectivity index (χ4v) is 3.80. The first-order valence-electron chi connectivity index (χ1n) is 4.71. The number of rotatable bonds is 5. The first kappa shape index (κ1) is 16.2. The highest BCUT2D eigenvalue weighted by atomic mass is 35.6. The maximum atomic E-state index is 10.7. The lowest BCUT2D eigenvalue weighted by atomic mass is 10.2. The van der Waals surface area contributed by atoms with Crippen LogP contribution in [0, 0.1) is 10.1 Å². The van der Waals surface area contributed by atoms with Crippen LogP contribution < -0.4 is 5.73 Å². The van der Waals surface area contributed by atoms with Crippen molar-refractivity contribution in [3.8, 4) is 0 Å². The molecule has 0 saturated heterocycles. The summed E-state index contributed by atoms with van der Waals surface area (Å²) in [6.45, 7) is 0.535. The number of alkyl halides is 3. The normalized spacial score (nSPS) is 11.6. The lowest BCUT2D eigenvalue weighted by Crippen LogP contribution is -2.04. The van der Waals surface area contributed by atoms with Gasteiger partial charge in [0.2, 0.25) is 3.79 Å². The summed E-state index contributed by atoms with van der Waals surface area (Å²) in [4.78, 5) is 10.9. The van der Waals surface area contributed by atoms with E-state index in [1.807, 2.05) is 0 Å². The molecule has 0 aliphatic carbocycles. The van der Waals surface area contributed by atoms with Crippen LogP contribution in [0.4, 0.5) is 5.69 Å². The highest BCUT2D eigenvalue weighted by Gasteiger charge is 2.28. The predicted molar refractivity (Wildman–Crippen MR) is 79.7 cm³/mol. The number of hydrogen-bond acceptors (Lipinski definition) is 5. The van der Waals surface area contributed by atoms with Crippen LogP contribution in [0.1, 0.15) is 5.56 Å². The second-order valence-corrected chi connectivity index (χ2v) is 7.87. The van der Waals surface area contributed by atoms with E-state index in [0.717, 1.165) is 5.75 Å². The number of benzene rings is 1. The zero-order chi connectivity index (χ0) is 13.8. The van der Waals surface area contributed by atoms with Crippen LogP contribution in [0.25, 0.3) is 0 Å². The largest absolute Gasteiger partial charge is 0.330 e. The summed E-state index contributed by atoms with van der Waals surface area (Å²) in [5, 5.41) is 10.7. The van der Waals surface area contributed by atoms with Gasteiger partial charge in [-0.15, -0.1) is 0 Å². The first-order chi connectivity index (χ1) is 8.36. The van der Waals surface area contributed by atoms with Gasteiger partial charge in [0, 0.05) is 34.9 Å². The monoisotopic (exact) mass is 346 g/mol. The maximum absolute atomic E-state index is 10.7. The van der Waals surface area contributed by atoms with Gasteiger partial charge in [0.1, 0.15) is 0 Å². The van der Waals surface area contributed by atoms with Gasteiger partial charge >= 0.3 is 0 Å². The molecule has 4 nitrogen and oxygen atoms in total. The third-order valence-electron chi connectivity index (χ3n) is 1.83. The molecule has 0 spiro atoms. The Morgan fingerprint density at radius 1 is 1.39 bits per heavy atom. The van der Waals surface area contributed by atoms with Crippen molar-refractivity contribution in [1.82, 2.24) is 0 Å². The van der Waals surface area contributed by atoms with Gasteiger partial charge in [0.25, 0.3) is 5.69 Å². The van der Waals surface area contributed by atoms with E-state index in [-0.39, 0.29) is 5.69 Å². The van der Waals surface area contributed by atoms with Crippen molar-refractivity contribution in [3.05, 3.63) is 33.9 Å². The number of halogens is 3. The lowest BCUT2D eigenvalue weighted by Gasteiger charge is -2.15. The molecule has 100 valence electrons. The molecular weight excluding hydrogens is 339 g/mol. The Labute approximate surface area is 127 Å². The minimum Gasteiger partial charge on any atom is -0.330 e. The standard InChI is InChI=1S/C9H9Cl3N2O2S2/c10-9(11,12)7-5-6(14(15)16)1-2-8(7)18-17-4-3-13/h1-2,5H,3-4,13H2. The minimum atomic E-state index is -1.70. The third kappa shape index (κ3) is 4.68. The molecule has 0 fully saturated rings. The number of nitrogens with zero attached hydrogens (tertiary/aromatic N) is 1. The van der Waals surface area contributed by atoms with E-state index in [0.29, 0.717) is 17.0 Å². The van der Waals surface area contributed by atoms with Gasteiger partial charge in [-0.1, -0.05) is 56.4 Å². The molecule has 0 radical (unpaired) electrons. The minimum absolute atomic E-state index is 0.107. The second-order valence-electron chi connectivity index (χ2n) is 3.13. The molecule has 1 rings (SSSR count). The Morgan fingerprint density at radius 2 is 2.06 bits per heavy atom. The highest BCUT2D eigenvalue weighted by Crippen LogP contribution is 2.46. The van der Waals surface area contributed by atoms with E-state index in [1.165, 1.54) is 33.7 Å². The van der Waals surface area contributed by atoms with Gasteiger partial charge in [-0.2, -0.15) is 0 Å². The molecule has 0 aromatic heterocycles. The molecule has 0 bridgehead atoms. The van der Waals surface area contributed by atoms with Crippen molar-refractivity contribution < 1.29 is 4.92 Å². The average Bonchev–Trinajstić information content (AvgIpc) is 2.28. The molecule has 0 unspecified atom stereocenters. The number of nitro groups is 1. The molecule has 0 heterocycles. The fraction of sp³-hybridized carbons (Fsp3) is 0.333. The highest BCUT2D eigenvalue weighted by molar-refractivity contribution is 8.76. The van der Waals surface area contributed by atoms with Crippen molar-refractivity contribution in [2.45, 2.75) is 8.69 Å². The molecule has 0 saturated carbocycles. The van der Waals surface area contributed by atoms with Crippen molar-refractivity contribution in [2.24, 2.45) is 5.73 Å². The van der Waals surface area contributed by atoms with Gasteiger partial charge in [-0.05, 0) is 6.07 Å². The molecular formula is C9H9Cl3N2O2S2. The molecule has 0 amide bonds. The van der Waals surface area contributed by atoms with Crippen molar-refractivity contribution in [2.75, 3.05) is 12.3 Å². The summed E-state index contributed by atoms with van der Waals surface area (Å²) in [7, 11) is 2.88. The van der Waals surface area contributed by atoms with Gasteiger partial charge in [-0.3, -0.25) is 10.1 Å². The summed E-state index contributed by atoms with van der Waals surface area (Å²) < 4.78 is -1.70.